The molecule has 132 valence electrons. The Hall–Kier alpha value is -2.22. The molecular weight excluding hydrogens is 340 g/mol. The van der Waals surface area contributed by atoms with Gasteiger partial charge in [0.15, 0.2) is 9.84 Å². The summed E-state index contributed by atoms with van der Waals surface area (Å²) in [6.07, 6.45) is -0.576. The lowest BCUT2D eigenvalue weighted by Crippen LogP contribution is -2.45. The molecule has 1 heterocycles. The highest BCUT2D eigenvalue weighted by Gasteiger charge is 2.23. The molecule has 3 rings (SSSR count). The molecule has 0 aliphatic carbocycles. The Bertz CT molecular complexity index is 831. The molecule has 1 amide bonds. The first-order valence-electron chi connectivity index (χ1n) is 8.05. The maximum Gasteiger partial charge on any atom is 0.254 e. The van der Waals surface area contributed by atoms with Crippen molar-refractivity contribution in [2.24, 2.45) is 0 Å². The molecule has 1 aliphatic heterocycles. The number of carbonyl (C=O) groups is 1. The number of ether oxygens (including phenoxy) is 1. The predicted molar refractivity (Wildman–Crippen MR) is 95.0 cm³/mol. The van der Waals surface area contributed by atoms with Crippen LogP contribution in [0, 0.1) is 0 Å². The molecule has 0 bridgehead atoms. The van der Waals surface area contributed by atoms with Crippen LogP contribution in [-0.2, 0) is 25.1 Å². The van der Waals surface area contributed by atoms with Gasteiger partial charge in [-0.05, 0) is 23.8 Å². The number of morpholine rings is 1. The van der Waals surface area contributed by atoms with E-state index < -0.39 is 15.9 Å². The van der Waals surface area contributed by atoms with E-state index in [1.165, 1.54) is 0 Å². The van der Waals surface area contributed by atoms with Crippen LogP contribution < -0.4 is 10.6 Å². The molecule has 1 fully saturated rings. The molecule has 1 atom stereocenters. The number of hydrogen-bond donors (Lipinski definition) is 2. The van der Waals surface area contributed by atoms with E-state index in [1.807, 2.05) is 0 Å². The third-order valence-corrected chi connectivity index (χ3v) is 5.62. The van der Waals surface area contributed by atoms with Crippen molar-refractivity contribution in [1.82, 2.24) is 5.32 Å². The van der Waals surface area contributed by atoms with Gasteiger partial charge in [0, 0.05) is 18.8 Å². The van der Waals surface area contributed by atoms with E-state index in [0.717, 1.165) is 6.54 Å². The van der Waals surface area contributed by atoms with Crippen molar-refractivity contribution < 1.29 is 17.9 Å². The highest BCUT2D eigenvalue weighted by Crippen LogP contribution is 2.22. The molecule has 7 heteroatoms. The monoisotopic (exact) mass is 360 g/mol. The number of benzene rings is 2. The molecule has 2 N–H and O–H groups in total. The fourth-order valence-corrected chi connectivity index (χ4v) is 4.03. The van der Waals surface area contributed by atoms with Crippen LogP contribution in [0.2, 0.25) is 0 Å². The summed E-state index contributed by atoms with van der Waals surface area (Å²) in [4.78, 5) is 12.6. The maximum atomic E-state index is 12.6. The fraction of sp³-hybridized carbons (Fsp3) is 0.278. The van der Waals surface area contributed by atoms with Gasteiger partial charge >= 0.3 is 0 Å². The van der Waals surface area contributed by atoms with E-state index in [1.54, 1.807) is 54.6 Å². The molecule has 0 saturated carbocycles. The minimum absolute atomic E-state index is 0.183. The van der Waals surface area contributed by atoms with Gasteiger partial charge in [-0.3, -0.25) is 4.79 Å². The Labute approximate surface area is 147 Å². The second kappa shape index (κ2) is 7.77. The first-order valence-corrected chi connectivity index (χ1v) is 9.70. The second-order valence-electron chi connectivity index (χ2n) is 5.78. The van der Waals surface area contributed by atoms with Crippen LogP contribution in [-0.4, -0.2) is 40.1 Å². The molecule has 1 saturated heterocycles. The molecule has 2 aromatic carbocycles. The van der Waals surface area contributed by atoms with Gasteiger partial charge in [-0.25, -0.2) is 8.42 Å². The summed E-state index contributed by atoms with van der Waals surface area (Å²) >= 11 is 0. The van der Waals surface area contributed by atoms with Gasteiger partial charge in [-0.15, -0.1) is 0 Å². The molecule has 0 aromatic heterocycles. The number of para-hydroxylation sites is 1. The van der Waals surface area contributed by atoms with Crippen LogP contribution in [0.4, 0.5) is 5.69 Å². The van der Waals surface area contributed by atoms with E-state index in [-0.39, 0.29) is 16.6 Å². The molecule has 1 aliphatic rings. The quantitative estimate of drug-likeness (QED) is 0.846. The number of carbonyl (C=O) groups excluding carboxylic acids is 1. The first kappa shape index (κ1) is 17.6. The molecular formula is C18H20N2O4S. The van der Waals surface area contributed by atoms with Gasteiger partial charge in [0.1, 0.15) is 6.10 Å². The van der Waals surface area contributed by atoms with Crippen LogP contribution >= 0.6 is 0 Å². The smallest absolute Gasteiger partial charge is 0.254 e. The summed E-state index contributed by atoms with van der Waals surface area (Å²) in [6, 6.07) is 15.2. The lowest BCUT2D eigenvalue weighted by Gasteiger charge is -2.23. The summed E-state index contributed by atoms with van der Waals surface area (Å²) in [6.45, 7) is 1.63. The largest absolute Gasteiger partial charge is 0.366 e. The van der Waals surface area contributed by atoms with Crippen molar-refractivity contribution in [3.63, 3.8) is 0 Å². The van der Waals surface area contributed by atoms with Gasteiger partial charge in [-0.2, -0.15) is 0 Å². The number of sulfone groups is 1. The lowest BCUT2D eigenvalue weighted by atomic mass is 10.2. The first-order chi connectivity index (χ1) is 12.1. The van der Waals surface area contributed by atoms with Crippen LogP contribution in [0.15, 0.2) is 59.5 Å². The van der Waals surface area contributed by atoms with Gasteiger partial charge < -0.3 is 15.4 Å². The van der Waals surface area contributed by atoms with E-state index in [9.17, 15) is 13.2 Å². The summed E-state index contributed by atoms with van der Waals surface area (Å²) in [5, 5.41) is 5.88. The number of hydrogen-bond acceptors (Lipinski definition) is 5. The van der Waals surface area contributed by atoms with Crippen molar-refractivity contribution in [1.29, 1.82) is 0 Å². The van der Waals surface area contributed by atoms with Gasteiger partial charge in [0.2, 0.25) is 0 Å². The third-order valence-electron chi connectivity index (χ3n) is 3.94. The van der Waals surface area contributed by atoms with E-state index >= 15 is 0 Å². The van der Waals surface area contributed by atoms with Crippen molar-refractivity contribution in [3.05, 3.63) is 60.2 Å². The fourth-order valence-electron chi connectivity index (χ4n) is 2.63. The van der Waals surface area contributed by atoms with Crippen LogP contribution in [0.1, 0.15) is 5.56 Å². The lowest BCUT2D eigenvalue weighted by molar-refractivity contribution is -0.128. The zero-order valence-corrected chi connectivity index (χ0v) is 14.5. The Morgan fingerprint density at radius 3 is 2.56 bits per heavy atom. The summed E-state index contributed by atoms with van der Waals surface area (Å²) in [7, 11) is -3.49. The van der Waals surface area contributed by atoms with Crippen LogP contribution in [0.3, 0.4) is 0 Å². The third kappa shape index (κ3) is 4.45. The molecule has 0 radical (unpaired) electrons. The van der Waals surface area contributed by atoms with Crippen LogP contribution in [0.25, 0.3) is 0 Å². The zero-order valence-electron chi connectivity index (χ0n) is 13.6. The standard InChI is InChI=1S/C18H20N2O4S/c21-18(17-12-19-10-11-24-17)20-16-9-5-4-6-14(16)13-25(22,23)15-7-2-1-3-8-15/h1-9,17,19H,10-13H2,(H,20,21)/t17-/m1/s1. The molecule has 25 heavy (non-hydrogen) atoms. The Morgan fingerprint density at radius 2 is 1.84 bits per heavy atom. The number of nitrogens with one attached hydrogen (secondary N) is 2. The Morgan fingerprint density at radius 1 is 1.12 bits per heavy atom. The van der Waals surface area contributed by atoms with Gasteiger partial charge in [0.05, 0.1) is 17.3 Å². The van der Waals surface area contributed by atoms with Gasteiger partial charge in [-0.1, -0.05) is 36.4 Å². The van der Waals surface area contributed by atoms with Crippen molar-refractivity contribution in [3.8, 4) is 0 Å². The van der Waals surface area contributed by atoms with Crippen molar-refractivity contribution in [2.75, 3.05) is 25.0 Å². The van der Waals surface area contributed by atoms with Crippen molar-refractivity contribution in [2.45, 2.75) is 16.8 Å². The minimum atomic E-state index is -3.49. The van der Waals surface area contributed by atoms with Crippen LogP contribution in [0.5, 0.6) is 0 Å². The van der Waals surface area contributed by atoms with Gasteiger partial charge in [0.25, 0.3) is 5.91 Å². The predicted octanol–water partition coefficient (Wildman–Crippen LogP) is 1.59. The number of amides is 1. The topological polar surface area (TPSA) is 84.5 Å². The summed E-state index contributed by atoms with van der Waals surface area (Å²) in [5.74, 6) is -0.464. The zero-order chi connectivity index (χ0) is 17.7. The normalized spacial score (nSPS) is 17.8. The summed E-state index contributed by atoms with van der Waals surface area (Å²) < 4.78 is 30.6. The highest BCUT2D eigenvalue weighted by molar-refractivity contribution is 7.90. The SMILES string of the molecule is O=C(Nc1ccccc1CS(=O)(=O)c1ccccc1)[C@H]1CNCCO1. The average molecular weight is 360 g/mol. The van der Waals surface area contributed by atoms with E-state index in [4.69, 9.17) is 4.74 Å². The molecule has 2 aromatic rings. The minimum Gasteiger partial charge on any atom is -0.366 e. The average Bonchev–Trinajstić information content (AvgIpc) is 2.64. The summed E-state index contributed by atoms with van der Waals surface area (Å²) in [5.41, 5.74) is 1.03. The number of anilines is 1. The highest BCUT2D eigenvalue weighted by atomic mass is 32.2. The molecule has 0 unspecified atom stereocenters. The van der Waals surface area contributed by atoms with E-state index in [2.05, 4.69) is 10.6 Å². The Balaban J connectivity index is 1.78. The van der Waals surface area contributed by atoms with E-state index in [0.29, 0.717) is 24.4 Å². The maximum absolute atomic E-state index is 12.6. The Kier molecular flexibility index (Phi) is 5.47. The van der Waals surface area contributed by atoms with Crippen molar-refractivity contribution >= 4 is 21.4 Å². The number of rotatable bonds is 5. The molecule has 0 spiro atoms. The second-order valence-corrected chi connectivity index (χ2v) is 7.77. The molecule has 6 nitrogen and oxygen atoms in total.